The summed E-state index contributed by atoms with van der Waals surface area (Å²) in [4.78, 5) is 10.4. The van der Waals surface area contributed by atoms with Crippen molar-refractivity contribution in [2.45, 2.75) is 58.8 Å². The molecule has 0 radical (unpaired) electrons. The Balaban J connectivity index is 1.15. The maximum atomic E-state index is 5.25. The molecule has 5 aromatic carbocycles. The Kier molecular flexibility index (Phi) is 12.0. The second kappa shape index (κ2) is 18.6. The summed E-state index contributed by atoms with van der Waals surface area (Å²) in [6, 6.07) is 48.8. The smallest absolute Gasteiger partial charge is 0.160 e. The molecule has 0 bridgehead atoms. The average Bonchev–Trinajstić information content (AvgIpc) is 3.34. The van der Waals surface area contributed by atoms with Crippen molar-refractivity contribution in [3.63, 3.8) is 0 Å². The Morgan fingerprint density at radius 1 is 0.492 bits per heavy atom. The molecule has 6 aromatic rings. The molecule has 2 nitrogen and oxygen atoms in total. The predicted molar refractivity (Wildman–Crippen MR) is 261 cm³/mol. The quantitative estimate of drug-likeness (QED) is 0.122. The normalized spacial score (nSPS) is 15.5. The highest BCUT2D eigenvalue weighted by molar-refractivity contribution is 6.13. The molecule has 1 heterocycles. The molecule has 0 unspecified atom stereocenters. The minimum Gasteiger partial charge on any atom is -0.228 e. The van der Waals surface area contributed by atoms with Crippen LogP contribution in [-0.4, -0.2) is 9.97 Å². The molecule has 3 aliphatic rings. The predicted octanol–water partition coefficient (Wildman–Crippen LogP) is 16.1. The minimum atomic E-state index is 0.762. The number of hydrogen-bond acceptors (Lipinski definition) is 2. The van der Waals surface area contributed by atoms with Gasteiger partial charge in [-0.1, -0.05) is 183 Å². The van der Waals surface area contributed by atoms with Crippen molar-refractivity contribution in [3.8, 4) is 33.6 Å². The topological polar surface area (TPSA) is 25.8 Å². The van der Waals surface area contributed by atoms with Crippen molar-refractivity contribution in [3.05, 3.63) is 228 Å². The second-order valence-corrected chi connectivity index (χ2v) is 15.9. The summed E-state index contributed by atoms with van der Waals surface area (Å²) in [6.07, 6.45) is 30.2. The van der Waals surface area contributed by atoms with Gasteiger partial charge in [-0.05, 0) is 137 Å². The fourth-order valence-corrected chi connectivity index (χ4v) is 8.85. The van der Waals surface area contributed by atoms with E-state index in [1.165, 1.54) is 61.2 Å². The van der Waals surface area contributed by atoms with Crippen molar-refractivity contribution in [2.75, 3.05) is 0 Å². The van der Waals surface area contributed by atoms with Gasteiger partial charge in [0.05, 0.1) is 11.4 Å². The lowest BCUT2D eigenvalue weighted by molar-refractivity contribution is 1.03. The Morgan fingerprint density at radius 3 is 1.67 bits per heavy atom. The van der Waals surface area contributed by atoms with Crippen molar-refractivity contribution < 1.29 is 0 Å². The number of nitrogens with zero attached hydrogens (tertiary/aromatic N) is 2. The van der Waals surface area contributed by atoms with Gasteiger partial charge < -0.3 is 0 Å². The molecule has 1 aromatic heterocycles. The second-order valence-electron chi connectivity index (χ2n) is 15.9. The lowest BCUT2D eigenvalue weighted by Gasteiger charge is -2.25. The van der Waals surface area contributed by atoms with Crippen LogP contribution in [0.25, 0.3) is 67.1 Å². The van der Waals surface area contributed by atoms with Gasteiger partial charge in [-0.25, -0.2) is 9.97 Å². The Bertz CT molecular complexity index is 2800. The summed E-state index contributed by atoms with van der Waals surface area (Å²) in [7, 11) is 0. The summed E-state index contributed by atoms with van der Waals surface area (Å²) in [5.41, 5.74) is 20.1. The molecule has 0 N–H and O–H groups in total. The van der Waals surface area contributed by atoms with Crippen LogP contribution in [0.15, 0.2) is 194 Å². The maximum Gasteiger partial charge on any atom is 0.160 e. The highest BCUT2D eigenvalue weighted by Crippen LogP contribution is 2.44. The van der Waals surface area contributed by atoms with E-state index in [9.17, 15) is 0 Å². The van der Waals surface area contributed by atoms with E-state index in [1.807, 2.05) is 0 Å². The molecular formula is C59H52N2. The summed E-state index contributed by atoms with van der Waals surface area (Å²) in [5, 5.41) is 0. The third-order valence-corrected chi connectivity index (χ3v) is 11.8. The Hall–Kier alpha value is -6.90. The summed E-state index contributed by atoms with van der Waals surface area (Å²) < 4.78 is 0. The SMILES string of the molecule is C/C=C\C(=C/CC)c1ccc(-c2cc(-c3cccc(-c4ccc(C5=CCCC=C5c5ccccc5)c(C5=CCCC=C5c5ccccc5)c4)c3)nc(C3=CCCC=C3)n2)cc1. The molecule has 0 saturated carbocycles. The van der Waals surface area contributed by atoms with Crippen LogP contribution >= 0.6 is 0 Å². The molecular weight excluding hydrogens is 737 g/mol. The van der Waals surface area contributed by atoms with Gasteiger partial charge in [0.1, 0.15) is 0 Å². The monoisotopic (exact) mass is 788 g/mol. The molecule has 0 atom stereocenters. The van der Waals surface area contributed by atoms with Crippen molar-refractivity contribution in [1.29, 1.82) is 0 Å². The fourth-order valence-electron chi connectivity index (χ4n) is 8.85. The number of aromatic nitrogens is 2. The number of hydrogen-bond donors (Lipinski definition) is 0. The average molecular weight is 789 g/mol. The highest BCUT2D eigenvalue weighted by atomic mass is 14.9. The van der Waals surface area contributed by atoms with Gasteiger partial charge in [-0.3, -0.25) is 0 Å². The van der Waals surface area contributed by atoms with Crippen LogP contribution in [0.3, 0.4) is 0 Å². The molecule has 0 aliphatic heterocycles. The number of allylic oxidation sites excluding steroid dienone is 16. The van der Waals surface area contributed by atoms with Crippen LogP contribution in [0.5, 0.6) is 0 Å². The molecule has 0 spiro atoms. The van der Waals surface area contributed by atoms with Crippen LogP contribution in [-0.2, 0) is 0 Å². The fraction of sp³-hybridized carbons (Fsp3) is 0.153. The summed E-state index contributed by atoms with van der Waals surface area (Å²) >= 11 is 0. The van der Waals surface area contributed by atoms with Gasteiger partial charge in [-0.15, -0.1) is 0 Å². The molecule has 0 saturated heterocycles. The molecule has 61 heavy (non-hydrogen) atoms. The molecule has 2 heteroatoms. The Labute approximate surface area is 362 Å². The van der Waals surface area contributed by atoms with E-state index < -0.39 is 0 Å². The first kappa shape index (κ1) is 39.6. The highest BCUT2D eigenvalue weighted by Gasteiger charge is 2.22. The molecule has 9 rings (SSSR count). The van der Waals surface area contributed by atoms with E-state index in [1.54, 1.807) is 0 Å². The largest absolute Gasteiger partial charge is 0.228 e. The van der Waals surface area contributed by atoms with E-state index in [0.29, 0.717) is 0 Å². The van der Waals surface area contributed by atoms with Gasteiger partial charge >= 0.3 is 0 Å². The number of benzene rings is 5. The lowest BCUT2D eigenvalue weighted by Crippen LogP contribution is -2.03. The van der Waals surface area contributed by atoms with E-state index in [0.717, 1.165) is 84.4 Å². The maximum absolute atomic E-state index is 5.25. The summed E-state index contributed by atoms with van der Waals surface area (Å²) in [6.45, 7) is 4.25. The van der Waals surface area contributed by atoms with Gasteiger partial charge in [0.2, 0.25) is 0 Å². The van der Waals surface area contributed by atoms with Gasteiger partial charge in [0.25, 0.3) is 0 Å². The van der Waals surface area contributed by atoms with Crippen molar-refractivity contribution in [1.82, 2.24) is 9.97 Å². The third-order valence-electron chi connectivity index (χ3n) is 11.8. The van der Waals surface area contributed by atoms with Crippen LogP contribution in [0.4, 0.5) is 0 Å². The van der Waals surface area contributed by atoms with Gasteiger partial charge in [-0.2, -0.15) is 0 Å². The standard InChI is InChI=1S/C59H52N2/c1-3-19-42(20-4-2)43-33-35-46(36-34-43)57-41-58(61-59(60-57)47-25-12-7-13-26-47)50-28-18-27-48(39-50)49-37-38-55(53-31-16-14-29-51(53)44-21-8-5-9-22-44)56(40-49)54-32-17-15-30-52(54)45-23-10-6-11-24-45/h3,5-6,8-12,18-41H,4,7,13-17H2,1-2H3/b19-3-,42-20+. The molecule has 298 valence electrons. The van der Waals surface area contributed by atoms with E-state index >= 15 is 0 Å². The lowest BCUT2D eigenvalue weighted by atomic mass is 9.79. The zero-order valence-corrected chi connectivity index (χ0v) is 35.3. The van der Waals surface area contributed by atoms with Crippen LogP contribution in [0.1, 0.15) is 92.4 Å². The van der Waals surface area contributed by atoms with Crippen LogP contribution in [0.2, 0.25) is 0 Å². The zero-order chi connectivity index (χ0) is 41.4. The van der Waals surface area contributed by atoms with Crippen LogP contribution < -0.4 is 0 Å². The third kappa shape index (κ3) is 8.72. The first-order valence-electron chi connectivity index (χ1n) is 22.0. The molecule has 3 aliphatic carbocycles. The van der Waals surface area contributed by atoms with E-state index in [-0.39, 0.29) is 0 Å². The minimum absolute atomic E-state index is 0.762. The first-order valence-corrected chi connectivity index (χ1v) is 22.0. The van der Waals surface area contributed by atoms with Gasteiger partial charge in [0.15, 0.2) is 5.82 Å². The van der Waals surface area contributed by atoms with Crippen LogP contribution in [0, 0.1) is 0 Å². The first-order chi connectivity index (χ1) is 30.2. The van der Waals surface area contributed by atoms with Crippen molar-refractivity contribution >= 4 is 33.4 Å². The Morgan fingerprint density at radius 2 is 1.05 bits per heavy atom. The number of rotatable bonds is 11. The van der Waals surface area contributed by atoms with Gasteiger partial charge in [0, 0.05) is 16.7 Å². The van der Waals surface area contributed by atoms with E-state index in [2.05, 4.69) is 208 Å². The molecule has 0 fully saturated rings. The zero-order valence-electron chi connectivity index (χ0n) is 35.3. The van der Waals surface area contributed by atoms with E-state index in [4.69, 9.17) is 9.97 Å². The van der Waals surface area contributed by atoms with Crippen molar-refractivity contribution in [2.24, 2.45) is 0 Å². The molecule has 0 amide bonds. The summed E-state index contributed by atoms with van der Waals surface area (Å²) in [5.74, 6) is 0.762.